The molecule has 8 nitrogen and oxygen atoms in total. The van der Waals surface area contributed by atoms with Crippen LogP contribution in [0.1, 0.15) is 40.2 Å². The highest BCUT2D eigenvalue weighted by molar-refractivity contribution is 7.89. The summed E-state index contributed by atoms with van der Waals surface area (Å²) < 4.78 is 83.5. The summed E-state index contributed by atoms with van der Waals surface area (Å²) in [6.07, 6.45) is -5.36. The van der Waals surface area contributed by atoms with Crippen LogP contribution in [0.15, 0.2) is 83.1 Å². The SMILES string of the molecule is NS(=O)(=O)c1ccc(Cc2c(C3(C(F)(F)F)CC3)nn(-c3nc(C(=O)O)cs3)c2-c2cccc(-c3ccccc3)c2)cc1F. The Hall–Kier alpha value is -4.40. The van der Waals surface area contributed by atoms with Gasteiger partial charge >= 0.3 is 12.1 Å². The fourth-order valence-corrected chi connectivity index (χ4v) is 6.58. The van der Waals surface area contributed by atoms with Crippen molar-refractivity contribution >= 4 is 27.3 Å². The number of carboxylic acids is 1. The Kier molecular flexibility index (Phi) is 7.18. The van der Waals surface area contributed by atoms with E-state index < -0.39 is 38.3 Å². The summed E-state index contributed by atoms with van der Waals surface area (Å²) in [5.74, 6) is -2.46. The van der Waals surface area contributed by atoms with Crippen molar-refractivity contribution < 1.29 is 35.9 Å². The van der Waals surface area contributed by atoms with Crippen LogP contribution in [0.4, 0.5) is 17.6 Å². The number of nitrogens with two attached hydrogens (primary N) is 1. The Labute approximate surface area is 252 Å². The maximum absolute atomic E-state index is 14.9. The maximum Gasteiger partial charge on any atom is 0.400 e. The van der Waals surface area contributed by atoms with Gasteiger partial charge in [-0.3, -0.25) is 0 Å². The second-order valence-corrected chi connectivity index (χ2v) is 12.8. The number of carboxylic acid groups (broad SMARTS) is 1. The van der Waals surface area contributed by atoms with E-state index in [-0.39, 0.29) is 52.6 Å². The van der Waals surface area contributed by atoms with Gasteiger partial charge in [0.15, 0.2) is 5.69 Å². The van der Waals surface area contributed by atoms with Crippen LogP contribution in [0.5, 0.6) is 0 Å². The summed E-state index contributed by atoms with van der Waals surface area (Å²) >= 11 is 0.901. The van der Waals surface area contributed by atoms with Gasteiger partial charge in [-0.2, -0.15) is 18.3 Å². The fourth-order valence-electron chi connectivity index (χ4n) is 5.24. The first-order chi connectivity index (χ1) is 20.8. The highest BCUT2D eigenvalue weighted by Gasteiger charge is 2.66. The Balaban J connectivity index is 1.62. The lowest BCUT2D eigenvalue weighted by Crippen LogP contribution is -2.30. The predicted octanol–water partition coefficient (Wildman–Crippen LogP) is 6.33. The Bertz CT molecular complexity index is 2020. The van der Waals surface area contributed by atoms with E-state index in [2.05, 4.69) is 10.1 Å². The topological polar surface area (TPSA) is 128 Å². The third-order valence-electron chi connectivity index (χ3n) is 7.55. The average Bonchev–Trinajstić information content (AvgIpc) is 3.49. The van der Waals surface area contributed by atoms with E-state index in [1.807, 2.05) is 36.4 Å². The number of nitrogens with zero attached hydrogens (tertiary/aromatic N) is 3. The molecule has 14 heteroatoms. The standard InChI is InChI=1S/C30H22F4N4O4S2/c31-22-14-17(9-10-24(22)44(35,41)42)13-21-25(20-8-4-7-19(15-20)18-5-2-1-3-6-18)38(28-36-23(16-43-28)27(39)40)37-26(21)29(11-12-29)30(32,33)34/h1-10,14-16H,11-13H2,(H,39,40)(H2,35,41,42). The zero-order valence-electron chi connectivity index (χ0n) is 22.5. The van der Waals surface area contributed by atoms with E-state index in [0.717, 1.165) is 34.6 Å². The fraction of sp³-hybridized carbons (Fsp3) is 0.167. The van der Waals surface area contributed by atoms with E-state index in [1.54, 1.807) is 18.2 Å². The molecular weight excluding hydrogens is 620 g/mol. The molecule has 5 aromatic rings. The van der Waals surface area contributed by atoms with E-state index in [1.165, 1.54) is 16.1 Å². The second kappa shape index (κ2) is 10.6. The van der Waals surface area contributed by atoms with Crippen LogP contribution in [-0.2, 0) is 21.9 Å². The van der Waals surface area contributed by atoms with Crippen LogP contribution in [-0.4, -0.2) is 40.4 Å². The van der Waals surface area contributed by atoms with Crippen molar-refractivity contribution in [3.05, 3.63) is 107 Å². The van der Waals surface area contributed by atoms with Gasteiger partial charge in [-0.25, -0.2) is 32.4 Å². The Morgan fingerprint density at radius 2 is 1.68 bits per heavy atom. The number of hydrogen-bond acceptors (Lipinski definition) is 6. The number of primary sulfonamides is 1. The summed E-state index contributed by atoms with van der Waals surface area (Å²) in [4.78, 5) is 15.0. The molecule has 0 radical (unpaired) electrons. The lowest BCUT2D eigenvalue weighted by Gasteiger charge is -2.19. The van der Waals surface area contributed by atoms with E-state index in [4.69, 9.17) is 5.14 Å². The Morgan fingerprint density at radius 3 is 2.27 bits per heavy atom. The average molecular weight is 643 g/mol. The number of hydrogen-bond donors (Lipinski definition) is 2. The Morgan fingerprint density at radius 1 is 1.00 bits per heavy atom. The molecule has 3 aromatic carbocycles. The van der Waals surface area contributed by atoms with Gasteiger partial charge in [-0.15, -0.1) is 11.3 Å². The highest BCUT2D eigenvalue weighted by Crippen LogP contribution is 2.60. The molecule has 0 aliphatic heterocycles. The minimum Gasteiger partial charge on any atom is -0.476 e. The largest absolute Gasteiger partial charge is 0.476 e. The van der Waals surface area contributed by atoms with E-state index >= 15 is 0 Å². The molecule has 6 rings (SSSR count). The molecule has 0 bridgehead atoms. The van der Waals surface area contributed by atoms with Crippen LogP contribution in [0, 0.1) is 5.82 Å². The molecular formula is C30H22F4N4O4S2. The molecule has 2 heterocycles. The van der Waals surface area contributed by atoms with Crippen LogP contribution in [0.25, 0.3) is 27.5 Å². The van der Waals surface area contributed by atoms with Crippen LogP contribution in [0.2, 0.25) is 0 Å². The van der Waals surface area contributed by atoms with Gasteiger partial charge in [-0.05, 0) is 47.7 Å². The molecule has 0 atom stereocenters. The normalized spacial score (nSPS) is 14.5. The molecule has 0 amide bonds. The molecule has 3 N–H and O–H groups in total. The molecule has 0 saturated heterocycles. The van der Waals surface area contributed by atoms with Gasteiger partial charge in [-0.1, -0.05) is 54.6 Å². The molecule has 0 unspecified atom stereocenters. The first-order valence-electron chi connectivity index (χ1n) is 13.1. The molecule has 44 heavy (non-hydrogen) atoms. The number of halogens is 4. The third kappa shape index (κ3) is 5.29. The van der Waals surface area contributed by atoms with E-state index in [9.17, 15) is 35.9 Å². The molecule has 1 fully saturated rings. The van der Waals surface area contributed by atoms with Gasteiger partial charge in [0.2, 0.25) is 15.2 Å². The van der Waals surface area contributed by atoms with Crippen molar-refractivity contribution in [2.75, 3.05) is 0 Å². The number of aromatic carboxylic acids is 1. The number of aromatic nitrogens is 3. The lowest BCUT2D eigenvalue weighted by atomic mass is 9.90. The monoisotopic (exact) mass is 642 g/mol. The first-order valence-corrected chi connectivity index (χ1v) is 15.6. The molecule has 0 spiro atoms. The van der Waals surface area contributed by atoms with Gasteiger partial charge in [0, 0.05) is 22.9 Å². The third-order valence-corrected chi connectivity index (χ3v) is 9.31. The number of benzene rings is 3. The number of rotatable bonds is 8. The van der Waals surface area contributed by atoms with Gasteiger partial charge in [0.1, 0.15) is 16.1 Å². The molecule has 1 saturated carbocycles. The quantitative estimate of drug-likeness (QED) is 0.190. The van der Waals surface area contributed by atoms with Crippen molar-refractivity contribution in [2.45, 2.75) is 35.7 Å². The second-order valence-electron chi connectivity index (χ2n) is 10.4. The lowest BCUT2D eigenvalue weighted by molar-refractivity contribution is -0.161. The minimum absolute atomic E-state index is 0.0312. The van der Waals surface area contributed by atoms with Crippen LogP contribution in [0.3, 0.4) is 0 Å². The zero-order valence-corrected chi connectivity index (χ0v) is 24.2. The predicted molar refractivity (Wildman–Crippen MR) is 155 cm³/mol. The van der Waals surface area contributed by atoms with E-state index in [0.29, 0.717) is 5.56 Å². The summed E-state index contributed by atoms with van der Waals surface area (Å²) in [5.41, 5.74) is -0.265. The van der Waals surface area contributed by atoms with Crippen molar-refractivity contribution in [1.82, 2.24) is 14.8 Å². The highest BCUT2D eigenvalue weighted by atomic mass is 32.2. The maximum atomic E-state index is 14.9. The zero-order chi connectivity index (χ0) is 31.4. The van der Waals surface area contributed by atoms with Gasteiger partial charge < -0.3 is 5.11 Å². The van der Waals surface area contributed by atoms with Crippen LogP contribution >= 0.6 is 11.3 Å². The number of alkyl halides is 3. The number of thiazole rings is 1. The van der Waals surface area contributed by atoms with Crippen molar-refractivity contribution in [1.29, 1.82) is 0 Å². The molecule has 2 aromatic heterocycles. The first kappa shape index (κ1) is 29.7. The van der Waals surface area contributed by atoms with Crippen molar-refractivity contribution in [3.63, 3.8) is 0 Å². The summed E-state index contributed by atoms with van der Waals surface area (Å²) in [5, 5.41) is 20.3. The van der Waals surface area contributed by atoms with Crippen LogP contribution < -0.4 is 5.14 Å². The minimum atomic E-state index is -4.66. The molecule has 226 valence electrons. The summed E-state index contributed by atoms with van der Waals surface area (Å²) in [6, 6.07) is 19.5. The molecule has 1 aliphatic rings. The van der Waals surface area contributed by atoms with Crippen molar-refractivity contribution in [3.8, 4) is 27.5 Å². The number of sulfonamides is 1. The smallest absolute Gasteiger partial charge is 0.400 e. The van der Waals surface area contributed by atoms with Crippen molar-refractivity contribution in [2.24, 2.45) is 5.14 Å². The van der Waals surface area contributed by atoms with Gasteiger partial charge in [0.25, 0.3) is 0 Å². The van der Waals surface area contributed by atoms with Gasteiger partial charge in [0.05, 0.1) is 11.4 Å². The summed E-state index contributed by atoms with van der Waals surface area (Å²) in [7, 11) is -4.38. The summed E-state index contributed by atoms with van der Waals surface area (Å²) in [6.45, 7) is 0. The molecule has 1 aliphatic carbocycles. The number of carbonyl (C=O) groups is 1.